The van der Waals surface area contributed by atoms with Crippen molar-refractivity contribution < 1.29 is 9.21 Å². The number of nitrogens with one attached hydrogen (secondary N) is 1. The van der Waals surface area contributed by atoms with Gasteiger partial charge in [-0.05, 0) is 37.1 Å². The van der Waals surface area contributed by atoms with Crippen molar-refractivity contribution in [3.05, 3.63) is 48.6 Å². The fourth-order valence-electron chi connectivity index (χ4n) is 2.46. The van der Waals surface area contributed by atoms with E-state index in [2.05, 4.69) is 15.2 Å². The number of anilines is 1. The second-order valence-corrected chi connectivity index (χ2v) is 4.90. The molecule has 0 atom stereocenters. The molecular weight excluding hydrogens is 254 g/mol. The number of aromatic nitrogens is 1. The van der Waals surface area contributed by atoms with E-state index in [4.69, 9.17) is 4.42 Å². The molecule has 0 saturated carbocycles. The van der Waals surface area contributed by atoms with Crippen molar-refractivity contribution in [3.63, 3.8) is 0 Å². The van der Waals surface area contributed by atoms with Crippen LogP contribution in [0.2, 0.25) is 0 Å². The molecule has 1 saturated heterocycles. The van der Waals surface area contributed by atoms with Crippen LogP contribution in [0.15, 0.2) is 47.2 Å². The van der Waals surface area contributed by atoms with E-state index in [0.717, 1.165) is 31.7 Å². The highest BCUT2D eigenvalue weighted by atomic mass is 16.3. The van der Waals surface area contributed by atoms with Gasteiger partial charge in [-0.2, -0.15) is 0 Å². The van der Waals surface area contributed by atoms with Gasteiger partial charge in [0.2, 0.25) is 0 Å². The zero-order valence-electron chi connectivity index (χ0n) is 11.2. The Labute approximate surface area is 117 Å². The standard InChI is InChI=1S/C15H17N3O2/c19-15(13-4-3-11-20-13)17-12-6-9-18(10-7-12)14-5-1-2-8-16-14/h1-5,8,11-12H,6-7,9-10H2,(H,17,19). The van der Waals surface area contributed by atoms with Crippen LogP contribution >= 0.6 is 0 Å². The number of hydrogen-bond donors (Lipinski definition) is 1. The van der Waals surface area contributed by atoms with Crippen LogP contribution in [-0.4, -0.2) is 30.0 Å². The summed E-state index contributed by atoms with van der Waals surface area (Å²) in [6.45, 7) is 1.81. The highest BCUT2D eigenvalue weighted by Crippen LogP contribution is 2.17. The van der Waals surface area contributed by atoms with Crippen LogP contribution in [0, 0.1) is 0 Å². The van der Waals surface area contributed by atoms with Gasteiger partial charge >= 0.3 is 0 Å². The minimum Gasteiger partial charge on any atom is -0.459 e. The number of nitrogens with zero attached hydrogens (tertiary/aromatic N) is 2. The molecule has 1 amide bonds. The Morgan fingerprint density at radius 1 is 1.25 bits per heavy atom. The molecule has 1 aliphatic heterocycles. The normalized spacial score (nSPS) is 16.1. The molecule has 0 aliphatic carbocycles. The van der Waals surface area contributed by atoms with Crippen molar-refractivity contribution in [1.29, 1.82) is 0 Å². The van der Waals surface area contributed by atoms with E-state index in [0.29, 0.717) is 5.76 Å². The summed E-state index contributed by atoms with van der Waals surface area (Å²) >= 11 is 0. The van der Waals surface area contributed by atoms with Gasteiger partial charge in [-0.3, -0.25) is 4.79 Å². The third kappa shape index (κ3) is 2.82. The molecule has 3 rings (SSSR count). The van der Waals surface area contributed by atoms with Crippen LogP contribution < -0.4 is 10.2 Å². The van der Waals surface area contributed by atoms with E-state index in [1.807, 2.05) is 18.2 Å². The molecule has 1 N–H and O–H groups in total. The van der Waals surface area contributed by atoms with E-state index in [1.165, 1.54) is 6.26 Å². The second-order valence-electron chi connectivity index (χ2n) is 4.90. The lowest BCUT2D eigenvalue weighted by atomic mass is 10.0. The first kappa shape index (κ1) is 12.7. The predicted molar refractivity (Wildman–Crippen MR) is 75.6 cm³/mol. The van der Waals surface area contributed by atoms with Crippen LogP contribution in [0.5, 0.6) is 0 Å². The molecule has 0 spiro atoms. The van der Waals surface area contributed by atoms with E-state index in [1.54, 1.807) is 18.3 Å². The Morgan fingerprint density at radius 2 is 2.10 bits per heavy atom. The number of piperidine rings is 1. The number of furan rings is 1. The molecule has 20 heavy (non-hydrogen) atoms. The van der Waals surface area contributed by atoms with Crippen molar-refractivity contribution in [3.8, 4) is 0 Å². The molecule has 2 aromatic heterocycles. The number of carbonyl (C=O) groups excluding carboxylic acids is 1. The Hall–Kier alpha value is -2.30. The summed E-state index contributed by atoms with van der Waals surface area (Å²) in [6, 6.07) is 9.53. The maximum atomic E-state index is 11.9. The topological polar surface area (TPSA) is 58.4 Å². The fourth-order valence-corrected chi connectivity index (χ4v) is 2.46. The summed E-state index contributed by atoms with van der Waals surface area (Å²) in [4.78, 5) is 18.5. The molecule has 0 radical (unpaired) electrons. The first-order valence-corrected chi connectivity index (χ1v) is 6.83. The van der Waals surface area contributed by atoms with Gasteiger partial charge in [-0.25, -0.2) is 4.98 Å². The Balaban J connectivity index is 1.53. The van der Waals surface area contributed by atoms with Crippen molar-refractivity contribution in [2.45, 2.75) is 18.9 Å². The summed E-state index contributed by atoms with van der Waals surface area (Å²) in [5.74, 6) is 1.24. The molecule has 0 unspecified atom stereocenters. The molecule has 3 heterocycles. The summed E-state index contributed by atoms with van der Waals surface area (Å²) < 4.78 is 5.09. The molecular formula is C15H17N3O2. The van der Waals surface area contributed by atoms with Gasteiger partial charge in [0.1, 0.15) is 5.82 Å². The van der Waals surface area contributed by atoms with Crippen molar-refractivity contribution in [2.24, 2.45) is 0 Å². The molecule has 104 valence electrons. The Kier molecular flexibility index (Phi) is 3.67. The van der Waals surface area contributed by atoms with Crippen LogP contribution in [0.1, 0.15) is 23.4 Å². The SMILES string of the molecule is O=C(NC1CCN(c2ccccn2)CC1)c1ccco1. The minimum absolute atomic E-state index is 0.133. The third-order valence-electron chi connectivity index (χ3n) is 3.55. The van der Waals surface area contributed by atoms with Gasteiger partial charge in [0.05, 0.1) is 6.26 Å². The number of amides is 1. The molecule has 0 bridgehead atoms. The number of rotatable bonds is 3. The van der Waals surface area contributed by atoms with Crippen molar-refractivity contribution >= 4 is 11.7 Å². The molecule has 1 fully saturated rings. The van der Waals surface area contributed by atoms with Crippen molar-refractivity contribution in [2.75, 3.05) is 18.0 Å². The van der Waals surface area contributed by atoms with Crippen molar-refractivity contribution in [1.82, 2.24) is 10.3 Å². The summed E-state index contributed by atoms with van der Waals surface area (Å²) in [6.07, 6.45) is 5.16. The lowest BCUT2D eigenvalue weighted by molar-refractivity contribution is 0.0903. The minimum atomic E-state index is -0.133. The lowest BCUT2D eigenvalue weighted by Gasteiger charge is -2.32. The maximum Gasteiger partial charge on any atom is 0.287 e. The number of hydrogen-bond acceptors (Lipinski definition) is 4. The summed E-state index contributed by atoms with van der Waals surface area (Å²) in [7, 11) is 0. The van der Waals surface area contributed by atoms with E-state index in [-0.39, 0.29) is 11.9 Å². The quantitative estimate of drug-likeness (QED) is 0.928. The maximum absolute atomic E-state index is 11.9. The van der Waals surface area contributed by atoms with Crippen LogP contribution in [-0.2, 0) is 0 Å². The Bertz CT molecular complexity index is 546. The van der Waals surface area contributed by atoms with Gasteiger partial charge in [0.15, 0.2) is 5.76 Å². The molecule has 1 aliphatic rings. The van der Waals surface area contributed by atoms with E-state index < -0.39 is 0 Å². The monoisotopic (exact) mass is 271 g/mol. The second kappa shape index (κ2) is 5.77. The summed E-state index contributed by atoms with van der Waals surface area (Å²) in [5, 5.41) is 3.01. The number of pyridine rings is 1. The fraction of sp³-hybridized carbons (Fsp3) is 0.333. The van der Waals surface area contributed by atoms with Crippen LogP contribution in [0.25, 0.3) is 0 Å². The number of carbonyl (C=O) groups is 1. The van der Waals surface area contributed by atoms with Gasteiger partial charge < -0.3 is 14.6 Å². The highest BCUT2D eigenvalue weighted by Gasteiger charge is 2.22. The molecule has 5 nitrogen and oxygen atoms in total. The largest absolute Gasteiger partial charge is 0.459 e. The highest BCUT2D eigenvalue weighted by molar-refractivity contribution is 5.91. The van der Waals surface area contributed by atoms with Crippen LogP contribution in [0.3, 0.4) is 0 Å². The molecule has 0 aromatic carbocycles. The summed E-state index contributed by atoms with van der Waals surface area (Å²) in [5.41, 5.74) is 0. The molecule has 2 aromatic rings. The zero-order valence-corrected chi connectivity index (χ0v) is 11.2. The first-order chi connectivity index (χ1) is 9.83. The van der Waals surface area contributed by atoms with Gasteiger partial charge in [-0.15, -0.1) is 0 Å². The van der Waals surface area contributed by atoms with E-state index in [9.17, 15) is 4.79 Å². The van der Waals surface area contributed by atoms with E-state index >= 15 is 0 Å². The van der Waals surface area contributed by atoms with Crippen LogP contribution in [0.4, 0.5) is 5.82 Å². The predicted octanol–water partition coefficient (Wildman–Crippen LogP) is 2.07. The first-order valence-electron chi connectivity index (χ1n) is 6.83. The third-order valence-corrected chi connectivity index (χ3v) is 3.55. The Morgan fingerprint density at radius 3 is 2.75 bits per heavy atom. The van der Waals surface area contributed by atoms with Gasteiger partial charge in [0.25, 0.3) is 5.91 Å². The van der Waals surface area contributed by atoms with Gasteiger partial charge in [0, 0.05) is 25.3 Å². The lowest BCUT2D eigenvalue weighted by Crippen LogP contribution is -2.44. The van der Waals surface area contributed by atoms with Gasteiger partial charge in [-0.1, -0.05) is 6.07 Å². The molecule has 5 heteroatoms. The average Bonchev–Trinajstić information content (AvgIpc) is 3.03. The smallest absolute Gasteiger partial charge is 0.287 e. The average molecular weight is 271 g/mol. The zero-order chi connectivity index (χ0) is 13.8.